The van der Waals surface area contributed by atoms with Crippen molar-refractivity contribution in [3.63, 3.8) is 0 Å². The summed E-state index contributed by atoms with van der Waals surface area (Å²) in [5.74, 6) is 1.000. The van der Waals surface area contributed by atoms with Gasteiger partial charge in [0, 0.05) is 29.6 Å². The minimum absolute atomic E-state index is 0.169. The van der Waals surface area contributed by atoms with Crippen LogP contribution in [0.25, 0.3) is 10.2 Å². The van der Waals surface area contributed by atoms with E-state index in [-0.39, 0.29) is 11.6 Å². The third-order valence-electron chi connectivity index (χ3n) is 5.33. The Morgan fingerprint density at radius 2 is 2.32 bits per heavy atom. The monoisotopic (exact) mass is 316 g/mol. The van der Waals surface area contributed by atoms with E-state index >= 15 is 0 Å². The molecule has 3 aliphatic rings. The summed E-state index contributed by atoms with van der Waals surface area (Å²) in [7, 11) is 0. The summed E-state index contributed by atoms with van der Waals surface area (Å²) in [6.45, 7) is 1.82. The summed E-state index contributed by atoms with van der Waals surface area (Å²) in [5, 5.41) is 8.20. The van der Waals surface area contributed by atoms with Gasteiger partial charge >= 0.3 is 0 Å². The maximum atomic E-state index is 6.48. The molecule has 5 rings (SSSR count). The average molecular weight is 316 g/mol. The minimum atomic E-state index is 0.169. The number of piperidine rings is 1. The predicted molar refractivity (Wildman–Crippen MR) is 88.8 cm³/mol. The lowest BCUT2D eigenvalue weighted by Crippen LogP contribution is -2.61. The van der Waals surface area contributed by atoms with E-state index in [9.17, 15) is 0 Å². The number of fused-ring (bicyclic) bond motifs is 3. The number of benzene rings is 1. The first-order valence-electron chi connectivity index (χ1n) is 8.08. The molecule has 6 heteroatoms. The highest BCUT2D eigenvalue weighted by atomic mass is 32.1. The Bertz CT molecular complexity index is 739. The van der Waals surface area contributed by atoms with Gasteiger partial charge in [-0.25, -0.2) is 4.98 Å². The van der Waals surface area contributed by atoms with Gasteiger partial charge in [-0.05, 0) is 37.9 Å². The quantitative estimate of drug-likeness (QED) is 0.789. The summed E-state index contributed by atoms with van der Waals surface area (Å²) in [6, 6.07) is 4.67. The second-order valence-corrected chi connectivity index (χ2v) is 7.69. The number of ether oxygens (including phenoxy) is 1. The van der Waals surface area contributed by atoms with E-state index in [0.29, 0.717) is 6.04 Å². The summed E-state index contributed by atoms with van der Waals surface area (Å²) in [5.41, 5.74) is 9.04. The van der Waals surface area contributed by atoms with Crippen molar-refractivity contribution in [1.29, 1.82) is 0 Å². The smallest absolute Gasteiger partial charge is 0.184 e. The molecule has 0 bridgehead atoms. The van der Waals surface area contributed by atoms with Crippen LogP contribution in [0, 0.1) is 0 Å². The molecule has 1 aromatic carbocycles. The van der Waals surface area contributed by atoms with Crippen molar-refractivity contribution >= 4 is 26.7 Å². The van der Waals surface area contributed by atoms with Gasteiger partial charge in [0.25, 0.3) is 0 Å². The summed E-state index contributed by atoms with van der Waals surface area (Å²) >= 11 is 1.73. The van der Waals surface area contributed by atoms with Gasteiger partial charge in [0.2, 0.25) is 0 Å². The molecule has 1 spiro atoms. The molecule has 5 nitrogen and oxygen atoms in total. The van der Waals surface area contributed by atoms with E-state index in [1.165, 1.54) is 23.1 Å². The molecule has 3 heterocycles. The number of nitrogens with one attached hydrogen (secondary N) is 2. The normalized spacial score (nSPS) is 28.6. The number of rotatable bonds is 2. The molecule has 4 N–H and O–H groups in total. The van der Waals surface area contributed by atoms with Crippen LogP contribution in [0.1, 0.15) is 24.8 Å². The minimum Gasteiger partial charge on any atom is -0.493 e. The molecular weight excluding hydrogens is 296 g/mol. The molecule has 0 amide bonds. The fourth-order valence-electron chi connectivity index (χ4n) is 3.86. The summed E-state index contributed by atoms with van der Waals surface area (Å²) < 4.78 is 6.87. The van der Waals surface area contributed by atoms with E-state index in [4.69, 9.17) is 15.5 Å². The predicted octanol–water partition coefficient (Wildman–Crippen LogP) is 1.86. The third-order valence-corrected chi connectivity index (χ3v) is 6.29. The molecule has 1 aliphatic carbocycles. The molecule has 1 saturated heterocycles. The number of thiazole rings is 1. The fourth-order valence-corrected chi connectivity index (χ4v) is 4.81. The van der Waals surface area contributed by atoms with Crippen LogP contribution in [0.5, 0.6) is 5.75 Å². The number of hydrogen-bond donors (Lipinski definition) is 3. The summed E-state index contributed by atoms with van der Waals surface area (Å²) in [6.07, 6.45) is 4.43. The topological polar surface area (TPSA) is 72.2 Å². The second-order valence-electron chi connectivity index (χ2n) is 6.65. The van der Waals surface area contributed by atoms with E-state index < -0.39 is 0 Å². The van der Waals surface area contributed by atoms with Crippen molar-refractivity contribution in [3.05, 3.63) is 17.7 Å². The Balaban J connectivity index is 1.45. The zero-order valence-electron chi connectivity index (χ0n) is 12.4. The van der Waals surface area contributed by atoms with Gasteiger partial charge in [0.15, 0.2) is 5.13 Å². The molecular formula is C16H20N4OS. The van der Waals surface area contributed by atoms with Crippen LogP contribution in [0.2, 0.25) is 0 Å². The molecule has 2 aromatic rings. The van der Waals surface area contributed by atoms with Crippen LogP contribution < -0.4 is 21.1 Å². The highest BCUT2D eigenvalue weighted by Crippen LogP contribution is 2.42. The Morgan fingerprint density at radius 3 is 3.18 bits per heavy atom. The van der Waals surface area contributed by atoms with E-state index in [1.54, 1.807) is 11.3 Å². The maximum Gasteiger partial charge on any atom is 0.184 e. The highest BCUT2D eigenvalue weighted by molar-refractivity contribution is 7.22. The van der Waals surface area contributed by atoms with Crippen LogP contribution in [0.3, 0.4) is 0 Å². The SMILES string of the molecule is NC1C(Nc2nc3c4c(ccc3s2)OCC4)CCNC12CC2. The molecule has 2 aliphatic heterocycles. The van der Waals surface area contributed by atoms with Crippen molar-refractivity contribution in [2.75, 3.05) is 18.5 Å². The number of hydrogen-bond acceptors (Lipinski definition) is 6. The van der Waals surface area contributed by atoms with E-state index in [2.05, 4.69) is 22.8 Å². The van der Waals surface area contributed by atoms with Crippen molar-refractivity contribution in [2.24, 2.45) is 5.73 Å². The summed E-state index contributed by atoms with van der Waals surface area (Å²) in [4.78, 5) is 4.83. The maximum absolute atomic E-state index is 6.48. The Morgan fingerprint density at radius 1 is 1.41 bits per heavy atom. The molecule has 2 fully saturated rings. The lowest BCUT2D eigenvalue weighted by molar-refractivity contribution is 0.309. The zero-order chi connectivity index (χ0) is 14.7. The molecule has 2 atom stereocenters. The van der Waals surface area contributed by atoms with Crippen molar-refractivity contribution < 1.29 is 4.74 Å². The molecule has 0 radical (unpaired) electrons. The lowest BCUT2D eigenvalue weighted by Gasteiger charge is -2.37. The fraction of sp³-hybridized carbons (Fsp3) is 0.562. The van der Waals surface area contributed by atoms with Gasteiger partial charge in [0.1, 0.15) is 5.75 Å². The van der Waals surface area contributed by atoms with Crippen LogP contribution in [-0.4, -0.2) is 35.8 Å². The average Bonchev–Trinajstić information content (AvgIpc) is 2.96. The van der Waals surface area contributed by atoms with Crippen molar-refractivity contribution in [2.45, 2.75) is 43.3 Å². The lowest BCUT2D eigenvalue weighted by atomic mass is 9.92. The molecule has 22 heavy (non-hydrogen) atoms. The molecule has 2 unspecified atom stereocenters. The van der Waals surface area contributed by atoms with E-state index in [1.807, 2.05) is 0 Å². The van der Waals surface area contributed by atoms with Crippen molar-refractivity contribution in [1.82, 2.24) is 10.3 Å². The van der Waals surface area contributed by atoms with Gasteiger partial charge < -0.3 is 21.1 Å². The first-order valence-corrected chi connectivity index (χ1v) is 8.89. The van der Waals surface area contributed by atoms with E-state index in [0.717, 1.165) is 42.4 Å². The first-order chi connectivity index (χ1) is 10.8. The number of nitrogens with zero attached hydrogens (tertiary/aromatic N) is 1. The Labute approximate surface area is 133 Å². The second kappa shape index (κ2) is 4.57. The van der Waals surface area contributed by atoms with Crippen molar-refractivity contribution in [3.8, 4) is 5.75 Å². The Kier molecular flexibility index (Phi) is 2.72. The standard InChI is InChI=1S/C16H20N4OS/c17-14-10(3-7-18-16(14)5-6-16)19-15-20-13-9-4-8-21-11(9)1-2-12(13)22-15/h1-2,10,14,18H,3-8,17H2,(H,19,20). The third kappa shape index (κ3) is 1.87. The van der Waals surface area contributed by atoms with Crippen LogP contribution in [-0.2, 0) is 6.42 Å². The number of nitrogens with two attached hydrogens (primary N) is 1. The van der Waals surface area contributed by atoms with Crippen LogP contribution in [0.4, 0.5) is 5.13 Å². The largest absolute Gasteiger partial charge is 0.493 e. The van der Waals surface area contributed by atoms with Gasteiger partial charge in [-0.3, -0.25) is 0 Å². The molecule has 1 aromatic heterocycles. The number of anilines is 1. The van der Waals surface area contributed by atoms with Gasteiger partial charge in [-0.15, -0.1) is 0 Å². The highest BCUT2D eigenvalue weighted by Gasteiger charge is 2.52. The number of aromatic nitrogens is 1. The van der Waals surface area contributed by atoms with Gasteiger partial charge in [0.05, 0.1) is 16.8 Å². The van der Waals surface area contributed by atoms with Gasteiger partial charge in [-0.1, -0.05) is 11.3 Å². The van der Waals surface area contributed by atoms with Crippen LogP contribution >= 0.6 is 11.3 Å². The van der Waals surface area contributed by atoms with Crippen LogP contribution in [0.15, 0.2) is 12.1 Å². The molecule has 1 saturated carbocycles. The zero-order valence-corrected chi connectivity index (χ0v) is 13.2. The van der Waals surface area contributed by atoms with Gasteiger partial charge in [-0.2, -0.15) is 0 Å². The first kappa shape index (κ1) is 13.1. The Hall–Kier alpha value is -1.37. The molecule has 116 valence electrons.